The Bertz CT molecular complexity index is 255. The average Bonchev–Trinajstić information content (AvgIpc) is 2.04. The first-order valence-electron chi connectivity index (χ1n) is 2.97. The second kappa shape index (κ2) is 2.96. The van der Waals surface area contributed by atoms with Gasteiger partial charge >= 0.3 is 5.97 Å². The second-order valence-electron chi connectivity index (χ2n) is 1.97. The molecule has 0 radical (unpaired) electrons. The number of nitrogens with zero attached hydrogens (tertiary/aromatic N) is 2. The number of aliphatic imine (C=N–C) groups is 1. The summed E-state index contributed by atoms with van der Waals surface area (Å²) in [5, 5.41) is 11.8. The summed E-state index contributed by atoms with van der Waals surface area (Å²) in [5.41, 5.74) is 0. The maximum absolute atomic E-state index is 10.5. The van der Waals surface area contributed by atoms with Crippen molar-refractivity contribution in [2.75, 3.05) is 0 Å². The number of hydrogen-bond acceptors (Lipinski definition) is 3. The highest BCUT2D eigenvalue weighted by Crippen LogP contribution is 2.06. The molecule has 0 saturated heterocycles. The Hall–Kier alpha value is -1.65. The van der Waals surface area contributed by atoms with Crippen LogP contribution in [0.1, 0.15) is 0 Å². The van der Waals surface area contributed by atoms with E-state index in [1.807, 2.05) is 0 Å². The van der Waals surface area contributed by atoms with Gasteiger partial charge in [-0.2, -0.15) is 5.10 Å². The Balaban J connectivity index is 2.88. The van der Waals surface area contributed by atoms with Crippen LogP contribution in [0.4, 0.5) is 0 Å². The fourth-order valence-corrected chi connectivity index (χ4v) is 0.753. The maximum Gasteiger partial charge on any atom is 0.318 e. The van der Waals surface area contributed by atoms with E-state index in [0.29, 0.717) is 0 Å². The third-order valence-electron chi connectivity index (χ3n) is 1.27. The van der Waals surface area contributed by atoms with Gasteiger partial charge in [0.1, 0.15) is 5.92 Å². The first-order valence-corrected chi connectivity index (χ1v) is 2.97. The molecule has 0 spiro atoms. The van der Waals surface area contributed by atoms with Crippen molar-refractivity contribution in [1.29, 1.82) is 0 Å². The SMILES string of the molecule is N/N=C1\N=CC=CC1C(=O)O. The van der Waals surface area contributed by atoms with Crippen LogP contribution in [-0.2, 0) is 4.79 Å². The van der Waals surface area contributed by atoms with Crippen LogP contribution in [0.3, 0.4) is 0 Å². The molecule has 0 aromatic rings. The van der Waals surface area contributed by atoms with Gasteiger partial charge in [0.25, 0.3) is 0 Å². The van der Waals surface area contributed by atoms with Crippen LogP contribution in [-0.4, -0.2) is 23.1 Å². The molecule has 1 heterocycles. The van der Waals surface area contributed by atoms with E-state index in [4.69, 9.17) is 10.9 Å². The third kappa shape index (κ3) is 1.43. The number of dihydropyridines is 1. The van der Waals surface area contributed by atoms with Gasteiger partial charge in [0.05, 0.1) is 0 Å². The molecule has 1 aliphatic heterocycles. The van der Waals surface area contributed by atoms with Crippen LogP contribution in [0.5, 0.6) is 0 Å². The standard InChI is InChI=1S/C6H7N3O2/c7-9-5-4(6(10)11)2-1-3-8-5/h1-4H,7H2,(H,10,11)/b9-5-. The number of hydrogen-bond donors (Lipinski definition) is 2. The minimum Gasteiger partial charge on any atom is -0.480 e. The van der Waals surface area contributed by atoms with E-state index >= 15 is 0 Å². The Labute approximate surface area is 62.9 Å². The molecule has 1 atom stereocenters. The molecule has 0 aliphatic carbocycles. The molecule has 3 N–H and O–H groups in total. The molecular weight excluding hydrogens is 146 g/mol. The minimum atomic E-state index is -0.998. The summed E-state index contributed by atoms with van der Waals surface area (Å²) in [7, 11) is 0. The molecule has 0 saturated carbocycles. The maximum atomic E-state index is 10.5. The topological polar surface area (TPSA) is 88.0 Å². The Morgan fingerprint density at radius 3 is 3.00 bits per heavy atom. The molecule has 0 bridgehead atoms. The van der Waals surface area contributed by atoms with Gasteiger partial charge < -0.3 is 10.9 Å². The van der Waals surface area contributed by atoms with Crippen molar-refractivity contribution < 1.29 is 9.90 Å². The molecule has 1 unspecified atom stereocenters. The number of nitrogens with two attached hydrogens (primary N) is 1. The fraction of sp³-hybridized carbons (Fsp3) is 0.167. The molecular formula is C6H7N3O2. The zero-order valence-corrected chi connectivity index (χ0v) is 5.64. The van der Waals surface area contributed by atoms with Gasteiger partial charge in [0.2, 0.25) is 0 Å². The lowest BCUT2D eigenvalue weighted by Gasteiger charge is -2.07. The minimum absolute atomic E-state index is 0.125. The number of carbonyl (C=O) groups is 1. The van der Waals surface area contributed by atoms with E-state index in [1.54, 1.807) is 6.08 Å². The molecule has 0 aromatic carbocycles. The van der Waals surface area contributed by atoms with Gasteiger partial charge in [-0.05, 0) is 6.08 Å². The highest BCUT2D eigenvalue weighted by molar-refractivity contribution is 6.08. The van der Waals surface area contributed by atoms with Crippen molar-refractivity contribution >= 4 is 18.0 Å². The van der Waals surface area contributed by atoms with Crippen molar-refractivity contribution in [1.82, 2.24) is 0 Å². The quantitative estimate of drug-likeness (QED) is 0.397. The summed E-state index contributed by atoms with van der Waals surface area (Å²) in [4.78, 5) is 14.1. The molecule has 0 fully saturated rings. The van der Waals surface area contributed by atoms with Gasteiger partial charge in [0, 0.05) is 6.21 Å². The van der Waals surface area contributed by atoms with Gasteiger partial charge in [-0.15, -0.1) is 0 Å². The lowest BCUT2D eigenvalue weighted by Crippen LogP contribution is -2.23. The van der Waals surface area contributed by atoms with Crippen molar-refractivity contribution in [2.45, 2.75) is 0 Å². The van der Waals surface area contributed by atoms with Gasteiger partial charge in [-0.1, -0.05) is 6.08 Å². The number of rotatable bonds is 1. The van der Waals surface area contributed by atoms with Crippen molar-refractivity contribution in [3.63, 3.8) is 0 Å². The summed E-state index contributed by atoms with van der Waals surface area (Å²) >= 11 is 0. The smallest absolute Gasteiger partial charge is 0.318 e. The Morgan fingerprint density at radius 2 is 2.55 bits per heavy atom. The van der Waals surface area contributed by atoms with Crippen molar-refractivity contribution in [2.24, 2.45) is 21.9 Å². The lowest BCUT2D eigenvalue weighted by molar-refractivity contribution is -0.138. The summed E-state index contributed by atoms with van der Waals surface area (Å²) in [6.07, 6.45) is 4.47. The highest BCUT2D eigenvalue weighted by Gasteiger charge is 2.21. The number of carboxylic acid groups (broad SMARTS) is 1. The summed E-state index contributed by atoms with van der Waals surface area (Å²) in [5.74, 6) is 3.23. The number of amidine groups is 1. The third-order valence-corrected chi connectivity index (χ3v) is 1.27. The first-order chi connectivity index (χ1) is 5.25. The van der Waals surface area contributed by atoms with Gasteiger partial charge in [-0.3, -0.25) is 4.79 Å². The molecule has 11 heavy (non-hydrogen) atoms. The lowest BCUT2D eigenvalue weighted by atomic mass is 10.1. The van der Waals surface area contributed by atoms with Crippen LogP contribution < -0.4 is 5.84 Å². The molecule has 5 heteroatoms. The first kappa shape index (κ1) is 7.46. The van der Waals surface area contributed by atoms with Gasteiger partial charge in [-0.25, -0.2) is 4.99 Å². The molecule has 58 valence electrons. The Morgan fingerprint density at radius 1 is 1.82 bits per heavy atom. The van der Waals surface area contributed by atoms with E-state index in [0.717, 1.165) is 0 Å². The molecule has 1 rings (SSSR count). The van der Waals surface area contributed by atoms with E-state index in [-0.39, 0.29) is 5.84 Å². The van der Waals surface area contributed by atoms with E-state index < -0.39 is 11.9 Å². The molecule has 0 aromatic heterocycles. The predicted molar refractivity (Wildman–Crippen MR) is 40.4 cm³/mol. The molecule has 0 amide bonds. The van der Waals surface area contributed by atoms with Crippen LogP contribution in [0.25, 0.3) is 0 Å². The average molecular weight is 153 g/mol. The van der Waals surface area contributed by atoms with Crippen molar-refractivity contribution in [3.05, 3.63) is 12.2 Å². The number of aliphatic carboxylic acids is 1. The van der Waals surface area contributed by atoms with E-state index in [9.17, 15) is 4.79 Å². The summed E-state index contributed by atoms with van der Waals surface area (Å²) in [6, 6.07) is 0. The summed E-state index contributed by atoms with van der Waals surface area (Å²) in [6.45, 7) is 0. The predicted octanol–water partition coefficient (Wildman–Crippen LogP) is -0.400. The van der Waals surface area contributed by atoms with Crippen LogP contribution in [0.2, 0.25) is 0 Å². The van der Waals surface area contributed by atoms with Crippen LogP contribution in [0, 0.1) is 5.92 Å². The summed E-state index contributed by atoms with van der Waals surface area (Å²) < 4.78 is 0. The van der Waals surface area contributed by atoms with Crippen molar-refractivity contribution in [3.8, 4) is 0 Å². The van der Waals surface area contributed by atoms with Crippen LogP contribution >= 0.6 is 0 Å². The van der Waals surface area contributed by atoms with E-state index in [1.165, 1.54) is 12.3 Å². The zero-order valence-electron chi connectivity index (χ0n) is 5.64. The van der Waals surface area contributed by atoms with Crippen LogP contribution in [0.15, 0.2) is 22.2 Å². The number of hydrazone groups is 1. The number of carboxylic acids is 1. The fourth-order valence-electron chi connectivity index (χ4n) is 0.753. The number of allylic oxidation sites excluding steroid dienone is 1. The second-order valence-corrected chi connectivity index (χ2v) is 1.97. The largest absolute Gasteiger partial charge is 0.480 e. The van der Waals surface area contributed by atoms with Gasteiger partial charge in [0.15, 0.2) is 5.84 Å². The molecule has 5 nitrogen and oxygen atoms in total. The zero-order chi connectivity index (χ0) is 8.27. The molecule has 1 aliphatic rings. The van der Waals surface area contributed by atoms with E-state index in [2.05, 4.69) is 10.1 Å². The Kier molecular flexibility index (Phi) is 2.00. The normalized spacial score (nSPS) is 25.8. The monoisotopic (exact) mass is 153 g/mol. The highest BCUT2D eigenvalue weighted by atomic mass is 16.4.